The van der Waals surface area contributed by atoms with Gasteiger partial charge in [0.2, 0.25) is 0 Å². The third-order valence-corrected chi connectivity index (χ3v) is 12.6. The smallest absolute Gasteiger partial charge is 0.0620 e. The molecule has 1 aromatic heterocycles. The van der Waals surface area contributed by atoms with Crippen LogP contribution < -0.4 is 0 Å². The fourth-order valence-electron chi connectivity index (χ4n) is 10.0. The zero-order chi connectivity index (χ0) is 38.4. The summed E-state index contributed by atoms with van der Waals surface area (Å²) in [6.07, 6.45) is 6.45. The standard InChI is InChI=1S/C56H41N/c1-5-15-49-43(6-2)45-31-27-42(34-50(45)56(49,3)4)57-54(38-19-11-8-12-20-38)53(36-17-9-7-10-18-36)48-33-41-26-29-46-44(40-23-22-35-16-13-14-21-39(35)32-40)28-24-37-25-30-47(55(48)57)52(41)51(37)46/h5-34H,2H2,1,3-4H3/b15-5-. The average molecular weight is 728 g/mol. The molecule has 1 heteroatoms. The first-order valence-corrected chi connectivity index (χ1v) is 20.0. The molecule has 1 aliphatic rings. The molecular formula is C56H41N. The van der Waals surface area contributed by atoms with Crippen LogP contribution in [0.25, 0.3) is 98.8 Å². The fraction of sp³-hybridized carbons (Fsp3) is 0.0714. The molecule has 0 spiro atoms. The van der Waals surface area contributed by atoms with Gasteiger partial charge in [0, 0.05) is 27.4 Å². The van der Waals surface area contributed by atoms with E-state index in [1.165, 1.54) is 110 Å². The minimum Gasteiger partial charge on any atom is -0.308 e. The van der Waals surface area contributed by atoms with Crippen molar-refractivity contribution in [3.63, 3.8) is 0 Å². The molecule has 9 aromatic carbocycles. The molecule has 11 rings (SSSR count). The zero-order valence-electron chi connectivity index (χ0n) is 32.5. The number of hydrogen-bond donors (Lipinski definition) is 0. The minimum atomic E-state index is -0.190. The number of hydrogen-bond acceptors (Lipinski definition) is 0. The highest BCUT2D eigenvalue weighted by Gasteiger charge is 2.36. The summed E-state index contributed by atoms with van der Waals surface area (Å²) < 4.78 is 2.57. The molecule has 270 valence electrons. The van der Waals surface area contributed by atoms with Gasteiger partial charge < -0.3 is 4.57 Å². The van der Waals surface area contributed by atoms with Gasteiger partial charge in [-0.15, -0.1) is 0 Å². The van der Waals surface area contributed by atoms with Gasteiger partial charge in [0.05, 0.1) is 11.2 Å². The Bertz CT molecular complexity index is 3320. The second kappa shape index (κ2) is 12.5. The van der Waals surface area contributed by atoms with Crippen LogP contribution in [0.5, 0.6) is 0 Å². The summed E-state index contributed by atoms with van der Waals surface area (Å²) >= 11 is 0. The van der Waals surface area contributed by atoms with E-state index < -0.39 is 0 Å². The molecule has 0 aliphatic heterocycles. The number of benzene rings is 9. The quantitative estimate of drug-likeness (QED) is 0.150. The van der Waals surface area contributed by atoms with Crippen molar-refractivity contribution in [2.24, 2.45) is 0 Å². The Morgan fingerprint density at radius 2 is 1.18 bits per heavy atom. The fourth-order valence-corrected chi connectivity index (χ4v) is 10.0. The predicted octanol–water partition coefficient (Wildman–Crippen LogP) is 15.5. The molecule has 0 bridgehead atoms. The summed E-state index contributed by atoms with van der Waals surface area (Å²) in [7, 11) is 0. The number of nitrogens with zero attached hydrogens (tertiary/aromatic N) is 1. The molecule has 0 amide bonds. The molecule has 10 aromatic rings. The van der Waals surface area contributed by atoms with Crippen LogP contribution in [0, 0.1) is 0 Å². The second-order valence-corrected chi connectivity index (χ2v) is 16.0. The van der Waals surface area contributed by atoms with Crippen molar-refractivity contribution in [3.8, 4) is 39.2 Å². The molecule has 0 saturated heterocycles. The maximum absolute atomic E-state index is 4.27. The highest BCUT2D eigenvalue weighted by Crippen LogP contribution is 2.51. The van der Waals surface area contributed by atoms with Crippen molar-refractivity contribution < 1.29 is 0 Å². The first kappa shape index (κ1) is 33.4. The van der Waals surface area contributed by atoms with Gasteiger partial charge >= 0.3 is 0 Å². The van der Waals surface area contributed by atoms with E-state index in [9.17, 15) is 0 Å². The summed E-state index contributed by atoms with van der Waals surface area (Å²) in [6, 6.07) is 61.1. The van der Waals surface area contributed by atoms with Crippen LogP contribution in [-0.4, -0.2) is 4.57 Å². The lowest BCUT2D eigenvalue weighted by Crippen LogP contribution is -2.16. The van der Waals surface area contributed by atoms with Crippen molar-refractivity contribution in [2.75, 3.05) is 0 Å². The maximum Gasteiger partial charge on any atom is 0.0620 e. The lowest BCUT2D eigenvalue weighted by molar-refractivity contribution is 0.653. The second-order valence-electron chi connectivity index (χ2n) is 16.0. The molecule has 0 saturated carbocycles. The Morgan fingerprint density at radius 3 is 1.95 bits per heavy atom. The van der Waals surface area contributed by atoms with E-state index in [2.05, 4.69) is 208 Å². The number of aromatic nitrogens is 1. The molecular weight excluding hydrogens is 687 g/mol. The summed E-state index contributed by atoms with van der Waals surface area (Å²) in [4.78, 5) is 0. The first-order chi connectivity index (χ1) is 28.0. The third kappa shape index (κ3) is 4.82. The van der Waals surface area contributed by atoms with Crippen molar-refractivity contribution in [2.45, 2.75) is 26.2 Å². The number of fused-ring (bicyclic) bond motifs is 4. The number of allylic oxidation sites excluding steroid dienone is 5. The van der Waals surface area contributed by atoms with Crippen molar-refractivity contribution in [1.82, 2.24) is 4.57 Å². The van der Waals surface area contributed by atoms with Crippen LogP contribution in [0.2, 0.25) is 0 Å². The van der Waals surface area contributed by atoms with Gasteiger partial charge in [-0.2, -0.15) is 0 Å². The van der Waals surface area contributed by atoms with Crippen LogP contribution >= 0.6 is 0 Å². The van der Waals surface area contributed by atoms with E-state index >= 15 is 0 Å². The van der Waals surface area contributed by atoms with Crippen molar-refractivity contribution in [3.05, 3.63) is 205 Å². The van der Waals surface area contributed by atoms with Gasteiger partial charge in [0.15, 0.2) is 0 Å². The normalized spacial score (nSPS) is 13.9. The Balaban J connectivity index is 1.28. The summed E-state index contributed by atoms with van der Waals surface area (Å²) in [5.74, 6) is 0. The van der Waals surface area contributed by atoms with Gasteiger partial charge in [-0.05, 0) is 113 Å². The SMILES string of the molecule is C=CC1=C(/C=C\C)C(C)(C)c2cc(-n3c(-c4ccccc4)c(-c4ccccc4)c4cc5ccc6c(-c7ccc8ccccc8c7)ccc7ccc(c5c76)c43)ccc21. The molecule has 0 fully saturated rings. The summed E-state index contributed by atoms with van der Waals surface area (Å²) in [6.45, 7) is 11.1. The summed E-state index contributed by atoms with van der Waals surface area (Å²) in [5, 5.41) is 11.5. The van der Waals surface area contributed by atoms with Crippen molar-refractivity contribution >= 4 is 59.6 Å². The lowest BCUT2D eigenvalue weighted by Gasteiger charge is -2.24. The Kier molecular flexibility index (Phi) is 7.34. The molecule has 1 nitrogen and oxygen atoms in total. The van der Waals surface area contributed by atoms with Crippen LogP contribution in [-0.2, 0) is 5.41 Å². The zero-order valence-corrected chi connectivity index (χ0v) is 32.5. The van der Waals surface area contributed by atoms with Gasteiger partial charge in [-0.1, -0.05) is 178 Å². The molecule has 1 heterocycles. The minimum absolute atomic E-state index is 0.190. The molecule has 0 radical (unpaired) electrons. The van der Waals surface area contributed by atoms with Gasteiger partial charge in [-0.25, -0.2) is 0 Å². The average Bonchev–Trinajstić information content (AvgIpc) is 3.71. The Morgan fingerprint density at radius 1 is 0.526 bits per heavy atom. The van der Waals surface area contributed by atoms with Gasteiger partial charge in [0.25, 0.3) is 0 Å². The van der Waals surface area contributed by atoms with Gasteiger partial charge in [0.1, 0.15) is 0 Å². The largest absolute Gasteiger partial charge is 0.308 e. The first-order valence-electron chi connectivity index (χ1n) is 20.0. The highest BCUT2D eigenvalue weighted by molar-refractivity contribution is 6.32. The van der Waals surface area contributed by atoms with E-state index in [-0.39, 0.29) is 5.41 Å². The van der Waals surface area contributed by atoms with E-state index in [1.54, 1.807) is 0 Å². The maximum atomic E-state index is 4.27. The van der Waals surface area contributed by atoms with E-state index in [1.807, 2.05) is 6.08 Å². The number of rotatable bonds is 6. The predicted molar refractivity (Wildman–Crippen MR) is 246 cm³/mol. The molecule has 0 N–H and O–H groups in total. The monoisotopic (exact) mass is 727 g/mol. The molecule has 0 unspecified atom stereocenters. The van der Waals surface area contributed by atoms with E-state index in [0.717, 1.165) is 5.69 Å². The van der Waals surface area contributed by atoms with Crippen LogP contribution in [0.15, 0.2) is 194 Å². The lowest BCUT2D eigenvalue weighted by atomic mass is 9.81. The van der Waals surface area contributed by atoms with Crippen LogP contribution in [0.3, 0.4) is 0 Å². The third-order valence-electron chi connectivity index (χ3n) is 12.6. The Hall–Kier alpha value is -6.96. The van der Waals surface area contributed by atoms with E-state index in [0.29, 0.717) is 0 Å². The Labute approximate surface area is 333 Å². The van der Waals surface area contributed by atoms with Crippen LogP contribution in [0.4, 0.5) is 0 Å². The van der Waals surface area contributed by atoms with E-state index in [4.69, 9.17) is 0 Å². The topological polar surface area (TPSA) is 4.93 Å². The van der Waals surface area contributed by atoms with Gasteiger partial charge in [-0.3, -0.25) is 0 Å². The molecule has 0 atom stereocenters. The van der Waals surface area contributed by atoms with Crippen LogP contribution in [0.1, 0.15) is 31.9 Å². The van der Waals surface area contributed by atoms with Crippen molar-refractivity contribution in [1.29, 1.82) is 0 Å². The highest BCUT2D eigenvalue weighted by atomic mass is 15.0. The molecule has 57 heavy (non-hydrogen) atoms. The summed E-state index contributed by atoms with van der Waals surface area (Å²) in [5.41, 5.74) is 14.6. The molecule has 1 aliphatic carbocycles.